The highest BCUT2D eigenvalue weighted by Gasteiger charge is 2.00. The monoisotopic (exact) mass is 344 g/mol. The van der Waals surface area contributed by atoms with Crippen LogP contribution in [0.25, 0.3) is 0 Å². The van der Waals surface area contributed by atoms with Crippen LogP contribution in [0.15, 0.2) is 58.5 Å². The van der Waals surface area contributed by atoms with Crippen LogP contribution in [0.2, 0.25) is 0 Å². The van der Waals surface area contributed by atoms with Gasteiger partial charge in [-0.1, -0.05) is 18.2 Å². The zero-order valence-electron chi connectivity index (χ0n) is 14.2. The van der Waals surface area contributed by atoms with Crippen molar-refractivity contribution in [2.24, 2.45) is 4.99 Å². The van der Waals surface area contributed by atoms with Crippen LogP contribution in [0.3, 0.4) is 0 Å². The number of benzene rings is 1. The van der Waals surface area contributed by atoms with Gasteiger partial charge in [0.1, 0.15) is 0 Å². The highest BCUT2D eigenvalue weighted by molar-refractivity contribution is 7.99. The number of aliphatic imine (C=N–C) groups is 1. The lowest BCUT2D eigenvalue weighted by Crippen LogP contribution is -2.38. The largest absolute Gasteiger partial charge is 0.481 e. The average Bonchev–Trinajstić information content (AvgIpc) is 2.64. The predicted octanol–water partition coefficient (Wildman–Crippen LogP) is 2.94. The molecule has 128 valence electrons. The van der Waals surface area contributed by atoms with Gasteiger partial charge in [0.05, 0.1) is 13.7 Å². The number of rotatable bonds is 8. The minimum absolute atomic E-state index is 0.583. The Morgan fingerprint density at radius 3 is 2.79 bits per heavy atom. The van der Waals surface area contributed by atoms with E-state index in [4.69, 9.17) is 4.74 Å². The molecule has 0 atom stereocenters. The molecule has 2 N–H and O–H groups in total. The molecule has 2 aromatic rings. The van der Waals surface area contributed by atoms with E-state index in [-0.39, 0.29) is 0 Å². The molecule has 0 aliphatic heterocycles. The van der Waals surface area contributed by atoms with E-state index in [2.05, 4.69) is 51.8 Å². The van der Waals surface area contributed by atoms with Gasteiger partial charge < -0.3 is 15.4 Å². The average molecular weight is 344 g/mol. The fraction of sp³-hybridized carbons (Fsp3) is 0.333. The van der Waals surface area contributed by atoms with Gasteiger partial charge in [-0.3, -0.25) is 0 Å². The number of guanidine groups is 1. The Morgan fingerprint density at radius 2 is 2.04 bits per heavy atom. The van der Waals surface area contributed by atoms with Crippen molar-refractivity contribution < 1.29 is 4.74 Å². The molecule has 0 aliphatic carbocycles. The summed E-state index contributed by atoms with van der Waals surface area (Å²) in [6.45, 7) is 4.33. The summed E-state index contributed by atoms with van der Waals surface area (Å²) in [5.74, 6) is 2.42. The van der Waals surface area contributed by atoms with Crippen LogP contribution in [0.4, 0.5) is 0 Å². The highest BCUT2D eigenvalue weighted by Crippen LogP contribution is 2.15. The third-order valence-corrected chi connectivity index (χ3v) is 4.19. The zero-order valence-corrected chi connectivity index (χ0v) is 15.0. The number of methoxy groups -OCH3 is 1. The molecule has 24 heavy (non-hydrogen) atoms. The van der Waals surface area contributed by atoms with Gasteiger partial charge in [-0.15, -0.1) is 11.8 Å². The third-order valence-electron chi connectivity index (χ3n) is 3.18. The lowest BCUT2D eigenvalue weighted by Gasteiger charge is -2.11. The second kappa shape index (κ2) is 10.5. The summed E-state index contributed by atoms with van der Waals surface area (Å²) in [5.41, 5.74) is 1.07. The fourth-order valence-corrected chi connectivity index (χ4v) is 2.82. The first kappa shape index (κ1) is 18.1. The fourth-order valence-electron chi connectivity index (χ4n) is 2.03. The van der Waals surface area contributed by atoms with Crippen molar-refractivity contribution in [1.29, 1.82) is 0 Å². The molecule has 0 fully saturated rings. The first-order chi connectivity index (χ1) is 11.8. The molecule has 0 radical (unpaired) electrons. The lowest BCUT2D eigenvalue weighted by atomic mass is 10.3. The molecule has 1 aromatic heterocycles. The van der Waals surface area contributed by atoms with Crippen LogP contribution in [-0.2, 0) is 6.54 Å². The topological polar surface area (TPSA) is 58.5 Å². The van der Waals surface area contributed by atoms with E-state index in [1.54, 1.807) is 13.3 Å². The number of aromatic nitrogens is 1. The van der Waals surface area contributed by atoms with E-state index < -0.39 is 0 Å². The van der Waals surface area contributed by atoms with E-state index in [9.17, 15) is 0 Å². The lowest BCUT2D eigenvalue weighted by molar-refractivity contribution is 0.397. The SMILES string of the molecule is CCNC(=NCc1ccnc(OC)c1)NCCSc1ccccc1. The molecule has 0 unspecified atom stereocenters. The number of thioether (sulfide) groups is 1. The molecule has 0 bridgehead atoms. The molecule has 0 aliphatic rings. The maximum atomic E-state index is 5.14. The van der Waals surface area contributed by atoms with Crippen molar-refractivity contribution in [3.63, 3.8) is 0 Å². The summed E-state index contributed by atoms with van der Waals surface area (Å²) in [6.07, 6.45) is 1.74. The van der Waals surface area contributed by atoms with E-state index in [0.29, 0.717) is 12.4 Å². The molecule has 0 saturated heterocycles. The second-order valence-electron chi connectivity index (χ2n) is 4.99. The normalized spacial score (nSPS) is 11.2. The van der Waals surface area contributed by atoms with Crippen LogP contribution in [0.1, 0.15) is 12.5 Å². The summed E-state index contributed by atoms with van der Waals surface area (Å²) in [7, 11) is 1.62. The number of nitrogens with zero attached hydrogens (tertiary/aromatic N) is 2. The molecule has 0 saturated carbocycles. The van der Waals surface area contributed by atoms with Crippen molar-refractivity contribution >= 4 is 17.7 Å². The summed E-state index contributed by atoms with van der Waals surface area (Å²) < 4.78 is 5.14. The van der Waals surface area contributed by atoms with Crippen molar-refractivity contribution in [1.82, 2.24) is 15.6 Å². The molecular weight excluding hydrogens is 320 g/mol. The summed E-state index contributed by atoms with van der Waals surface area (Å²) in [6, 6.07) is 14.3. The van der Waals surface area contributed by atoms with Crippen LogP contribution < -0.4 is 15.4 Å². The summed E-state index contributed by atoms with van der Waals surface area (Å²) in [4.78, 5) is 9.99. The smallest absolute Gasteiger partial charge is 0.213 e. The summed E-state index contributed by atoms with van der Waals surface area (Å²) in [5, 5.41) is 6.62. The quantitative estimate of drug-likeness (QED) is 0.334. The molecule has 0 amide bonds. The van der Waals surface area contributed by atoms with Gasteiger partial charge >= 0.3 is 0 Å². The number of pyridine rings is 1. The van der Waals surface area contributed by atoms with Gasteiger partial charge in [-0.25, -0.2) is 9.98 Å². The Kier molecular flexibility index (Phi) is 7.97. The van der Waals surface area contributed by atoms with E-state index in [1.165, 1.54) is 4.90 Å². The Bertz CT molecular complexity index is 634. The van der Waals surface area contributed by atoms with Gasteiger partial charge in [0.15, 0.2) is 5.96 Å². The van der Waals surface area contributed by atoms with Crippen molar-refractivity contribution in [2.45, 2.75) is 18.4 Å². The standard InChI is InChI=1S/C18H24N4OS/c1-3-19-18(21-11-12-24-16-7-5-4-6-8-16)22-14-15-9-10-20-17(13-15)23-2/h4-10,13H,3,11-12,14H2,1-2H3,(H2,19,21,22). The number of ether oxygens (including phenoxy) is 1. The Hall–Kier alpha value is -2.21. The van der Waals surface area contributed by atoms with Crippen molar-refractivity contribution in [3.05, 3.63) is 54.2 Å². The van der Waals surface area contributed by atoms with Crippen molar-refractivity contribution in [3.8, 4) is 5.88 Å². The molecule has 1 heterocycles. The van der Waals surface area contributed by atoms with Gasteiger partial charge in [0.25, 0.3) is 0 Å². The first-order valence-electron chi connectivity index (χ1n) is 8.00. The molecule has 0 spiro atoms. The minimum atomic E-state index is 0.583. The van der Waals surface area contributed by atoms with E-state index >= 15 is 0 Å². The second-order valence-corrected chi connectivity index (χ2v) is 6.16. The van der Waals surface area contributed by atoms with E-state index in [0.717, 1.165) is 30.4 Å². The third kappa shape index (κ3) is 6.50. The van der Waals surface area contributed by atoms with Gasteiger partial charge in [0.2, 0.25) is 5.88 Å². The van der Waals surface area contributed by atoms with Crippen LogP contribution in [0, 0.1) is 0 Å². The number of hydrogen-bond acceptors (Lipinski definition) is 4. The molecule has 2 rings (SSSR count). The van der Waals surface area contributed by atoms with Crippen LogP contribution in [-0.4, -0.2) is 36.9 Å². The van der Waals surface area contributed by atoms with Crippen molar-refractivity contribution in [2.75, 3.05) is 26.0 Å². The van der Waals surface area contributed by atoms with Crippen LogP contribution >= 0.6 is 11.8 Å². The first-order valence-corrected chi connectivity index (χ1v) is 8.99. The summed E-state index contributed by atoms with van der Waals surface area (Å²) >= 11 is 1.83. The molecule has 1 aromatic carbocycles. The Labute approximate surface area is 147 Å². The zero-order chi connectivity index (χ0) is 17.0. The molecular formula is C18H24N4OS. The Morgan fingerprint density at radius 1 is 1.21 bits per heavy atom. The van der Waals surface area contributed by atoms with Gasteiger partial charge in [0, 0.05) is 36.0 Å². The molecule has 5 nitrogen and oxygen atoms in total. The minimum Gasteiger partial charge on any atom is -0.481 e. The maximum absolute atomic E-state index is 5.14. The predicted molar refractivity (Wildman–Crippen MR) is 101 cm³/mol. The van der Waals surface area contributed by atoms with Gasteiger partial charge in [-0.05, 0) is 30.7 Å². The maximum Gasteiger partial charge on any atom is 0.213 e. The Balaban J connectivity index is 1.81. The number of nitrogens with one attached hydrogen (secondary N) is 2. The highest BCUT2D eigenvalue weighted by atomic mass is 32.2. The number of hydrogen-bond donors (Lipinski definition) is 2. The van der Waals surface area contributed by atoms with Gasteiger partial charge in [-0.2, -0.15) is 0 Å². The van der Waals surface area contributed by atoms with E-state index in [1.807, 2.05) is 30.0 Å². The van der Waals surface area contributed by atoms with Crippen LogP contribution in [0.5, 0.6) is 5.88 Å². The molecule has 6 heteroatoms.